The summed E-state index contributed by atoms with van der Waals surface area (Å²) in [5.41, 5.74) is 0.979. The minimum Gasteiger partial charge on any atom is -0.480 e. The van der Waals surface area contributed by atoms with Crippen molar-refractivity contribution in [1.82, 2.24) is 19.7 Å². The van der Waals surface area contributed by atoms with Gasteiger partial charge in [-0.1, -0.05) is 11.6 Å². The fourth-order valence-corrected chi connectivity index (χ4v) is 3.41. The van der Waals surface area contributed by atoms with Crippen LogP contribution in [-0.2, 0) is 30.7 Å². The van der Waals surface area contributed by atoms with E-state index in [4.69, 9.17) is 16.3 Å². The first-order valence-corrected chi connectivity index (χ1v) is 8.10. The summed E-state index contributed by atoms with van der Waals surface area (Å²) in [6.45, 7) is 1.38. The van der Waals surface area contributed by atoms with E-state index in [9.17, 15) is 4.79 Å². The summed E-state index contributed by atoms with van der Waals surface area (Å²) in [6.07, 6.45) is 2.12. The Balaban J connectivity index is 1.45. The summed E-state index contributed by atoms with van der Waals surface area (Å²) < 4.78 is 7.87. The number of benzene rings is 1. The van der Waals surface area contributed by atoms with Crippen molar-refractivity contribution in [3.63, 3.8) is 0 Å². The second-order valence-corrected chi connectivity index (χ2v) is 6.48. The fourth-order valence-electron chi connectivity index (χ4n) is 3.22. The Morgan fingerprint density at radius 2 is 2.35 bits per heavy atom. The van der Waals surface area contributed by atoms with Gasteiger partial charge in [0.15, 0.2) is 11.9 Å². The summed E-state index contributed by atoms with van der Waals surface area (Å²) in [6, 6.07) is 5.45. The molecule has 4 rings (SSSR count). The summed E-state index contributed by atoms with van der Waals surface area (Å²) in [4.78, 5) is 14.3. The first kappa shape index (κ1) is 14.5. The molecule has 0 radical (unpaired) electrons. The molecule has 120 valence electrons. The molecular weight excluding hydrogens is 316 g/mol. The van der Waals surface area contributed by atoms with Gasteiger partial charge in [-0.25, -0.2) is 0 Å². The number of hydrogen-bond donors (Lipinski definition) is 0. The van der Waals surface area contributed by atoms with E-state index in [1.54, 1.807) is 18.0 Å². The number of aromatic nitrogens is 3. The monoisotopic (exact) mass is 332 g/mol. The number of hydrogen-bond acceptors (Lipinski definition) is 4. The van der Waals surface area contributed by atoms with Crippen LogP contribution in [0.25, 0.3) is 0 Å². The molecule has 0 saturated carbocycles. The van der Waals surface area contributed by atoms with Crippen LogP contribution in [0.3, 0.4) is 0 Å². The molecule has 0 aliphatic carbocycles. The molecule has 6 nitrogen and oxygen atoms in total. The van der Waals surface area contributed by atoms with Crippen molar-refractivity contribution in [3.8, 4) is 5.75 Å². The number of fused-ring (bicyclic) bond motifs is 2. The van der Waals surface area contributed by atoms with E-state index in [0.717, 1.165) is 42.3 Å². The molecule has 0 N–H and O–H groups in total. The molecule has 1 atom stereocenters. The Hall–Kier alpha value is -2.08. The Morgan fingerprint density at radius 3 is 3.22 bits per heavy atom. The van der Waals surface area contributed by atoms with E-state index in [-0.39, 0.29) is 5.91 Å². The maximum absolute atomic E-state index is 12.6. The number of aryl methyl sites for hydroxylation is 1. The zero-order chi connectivity index (χ0) is 16.0. The van der Waals surface area contributed by atoms with Crippen molar-refractivity contribution < 1.29 is 9.53 Å². The Morgan fingerprint density at radius 1 is 1.48 bits per heavy atom. The number of carbonyl (C=O) groups excluding carboxylic acids is 1. The van der Waals surface area contributed by atoms with Crippen molar-refractivity contribution in [2.24, 2.45) is 0 Å². The van der Waals surface area contributed by atoms with Crippen LogP contribution in [0.4, 0.5) is 0 Å². The molecule has 23 heavy (non-hydrogen) atoms. The lowest BCUT2D eigenvalue weighted by atomic mass is 10.1. The standard InChI is InChI=1S/C16H17ClN4O2/c1-20(9-15-19-18-14-3-2-6-21(14)15)16(22)13-8-10-7-11(17)4-5-12(10)23-13/h4-5,7,13H,2-3,6,8-9H2,1H3/t13-/m0/s1. The van der Waals surface area contributed by atoms with Gasteiger partial charge in [0.2, 0.25) is 0 Å². The van der Waals surface area contributed by atoms with Crippen LogP contribution in [0.15, 0.2) is 18.2 Å². The molecule has 2 aliphatic heterocycles. The van der Waals surface area contributed by atoms with Crippen LogP contribution in [-0.4, -0.2) is 38.7 Å². The molecule has 1 aromatic heterocycles. The van der Waals surface area contributed by atoms with Gasteiger partial charge >= 0.3 is 0 Å². The summed E-state index contributed by atoms with van der Waals surface area (Å²) >= 11 is 5.99. The summed E-state index contributed by atoms with van der Waals surface area (Å²) in [5, 5.41) is 9.04. The highest BCUT2D eigenvalue weighted by Gasteiger charge is 2.32. The molecule has 1 aromatic carbocycles. The lowest BCUT2D eigenvalue weighted by molar-refractivity contribution is -0.137. The predicted molar refractivity (Wildman–Crippen MR) is 84.4 cm³/mol. The molecule has 0 bridgehead atoms. The zero-order valence-electron chi connectivity index (χ0n) is 12.8. The zero-order valence-corrected chi connectivity index (χ0v) is 13.6. The molecular formula is C16H17ClN4O2. The number of halogens is 1. The van der Waals surface area contributed by atoms with Crippen molar-refractivity contribution in [2.45, 2.75) is 38.5 Å². The van der Waals surface area contributed by atoms with Crippen molar-refractivity contribution >= 4 is 17.5 Å². The highest BCUT2D eigenvalue weighted by molar-refractivity contribution is 6.30. The quantitative estimate of drug-likeness (QED) is 0.860. The van der Waals surface area contributed by atoms with Crippen LogP contribution in [0.2, 0.25) is 5.02 Å². The number of nitrogens with zero attached hydrogens (tertiary/aromatic N) is 4. The highest BCUT2D eigenvalue weighted by atomic mass is 35.5. The average Bonchev–Trinajstić information content (AvgIpc) is 3.22. The van der Waals surface area contributed by atoms with Crippen molar-refractivity contribution in [1.29, 1.82) is 0 Å². The second kappa shape index (κ2) is 5.53. The molecule has 0 saturated heterocycles. The van der Waals surface area contributed by atoms with Gasteiger partial charge in [-0.15, -0.1) is 10.2 Å². The molecule has 2 aromatic rings. The molecule has 7 heteroatoms. The minimum atomic E-state index is -0.491. The van der Waals surface area contributed by atoms with Gasteiger partial charge in [-0.2, -0.15) is 0 Å². The van der Waals surface area contributed by atoms with Crippen molar-refractivity contribution in [2.75, 3.05) is 7.05 Å². The maximum atomic E-state index is 12.6. The number of ether oxygens (including phenoxy) is 1. The Kier molecular flexibility index (Phi) is 3.49. The second-order valence-electron chi connectivity index (χ2n) is 6.04. The van der Waals surface area contributed by atoms with Gasteiger partial charge in [0, 0.05) is 31.5 Å². The van der Waals surface area contributed by atoms with Gasteiger partial charge < -0.3 is 14.2 Å². The number of likely N-dealkylation sites (N-methyl/N-ethyl adjacent to an activating group) is 1. The maximum Gasteiger partial charge on any atom is 0.264 e. The third-order valence-corrected chi connectivity index (χ3v) is 4.65. The Labute approximate surface area is 139 Å². The van der Waals surface area contributed by atoms with Crippen LogP contribution in [0.5, 0.6) is 5.75 Å². The third-order valence-electron chi connectivity index (χ3n) is 4.41. The molecule has 0 spiro atoms. The van der Waals surface area contributed by atoms with Gasteiger partial charge in [0.05, 0.1) is 6.54 Å². The summed E-state index contributed by atoms with van der Waals surface area (Å²) in [7, 11) is 1.78. The van der Waals surface area contributed by atoms with Crippen LogP contribution in [0, 0.1) is 0 Å². The third kappa shape index (κ3) is 2.57. The fraction of sp³-hybridized carbons (Fsp3) is 0.438. The average molecular weight is 333 g/mol. The van der Waals surface area contributed by atoms with Gasteiger partial charge in [0.1, 0.15) is 11.6 Å². The van der Waals surface area contributed by atoms with E-state index in [1.807, 2.05) is 12.1 Å². The van der Waals surface area contributed by atoms with Gasteiger partial charge in [0.25, 0.3) is 5.91 Å². The molecule has 3 heterocycles. The van der Waals surface area contributed by atoms with Gasteiger partial charge in [-0.05, 0) is 30.2 Å². The Bertz CT molecular complexity index is 773. The van der Waals surface area contributed by atoms with Crippen molar-refractivity contribution in [3.05, 3.63) is 40.4 Å². The van der Waals surface area contributed by atoms with E-state index in [0.29, 0.717) is 18.0 Å². The highest BCUT2D eigenvalue weighted by Crippen LogP contribution is 2.31. The van der Waals surface area contributed by atoms with Crippen LogP contribution >= 0.6 is 11.6 Å². The van der Waals surface area contributed by atoms with E-state index >= 15 is 0 Å². The minimum absolute atomic E-state index is 0.0485. The SMILES string of the molecule is CN(Cc1nnc2n1CCC2)C(=O)[C@@H]1Cc2cc(Cl)ccc2O1. The lowest BCUT2D eigenvalue weighted by Crippen LogP contribution is -2.39. The van der Waals surface area contributed by atoms with E-state index < -0.39 is 6.10 Å². The van der Waals surface area contributed by atoms with E-state index in [2.05, 4.69) is 14.8 Å². The molecule has 0 unspecified atom stereocenters. The summed E-state index contributed by atoms with van der Waals surface area (Å²) in [5.74, 6) is 2.55. The van der Waals surface area contributed by atoms with Gasteiger partial charge in [-0.3, -0.25) is 4.79 Å². The normalized spacial score (nSPS) is 18.4. The van der Waals surface area contributed by atoms with Crippen LogP contribution in [0.1, 0.15) is 23.6 Å². The predicted octanol–water partition coefficient (Wildman–Crippen LogP) is 1.84. The topological polar surface area (TPSA) is 60.2 Å². The number of amides is 1. The molecule has 0 fully saturated rings. The molecule has 1 amide bonds. The lowest BCUT2D eigenvalue weighted by Gasteiger charge is -2.20. The number of rotatable bonds is 3. The van der Waals surface area contributed by atoms with E-state index in [1.165, 1.54) is 0 Å². The smallest absolute Gasteiger partial charge is 0.264 e. The molecule has 2 aliphatic rings. The van der Waals surface area contributed by atoms with Crippen LogP contribution < -0.4 is 4.74 Å². The first-order chi connectivity index (χ1) is 11.1. The largest absolute Gasteiger partial charge is 0.480 e. The number of carbonyl (C=O) groups is 1. The first-order valence-electron chi connectivity index (χ1n) is 7.73.